The highest BCUT2D eigenvalue weighted by Gasteiger charge is 2.46. The lowest BCUT2D eigenvalue weighted by Gasteiger charge is -2.28. The molecule has 2 N–H and O–H groups in total. The van der Waals surface area contributed by atoms with Crippen molar-refractivity contribution in [1.29, 1.82) is 0 Å². The number of phenolic OH excluding ortho intramolecular Hbond substituents is 1. The zero-order valence-electron chi connectivity index (χ0n) is 16.7. The zero-order chi connectivity index (χ0) is 21.0. The maximum absolute atomic E-state index is 12.9. The monoisotopic (exact) mass is 394 g/mol. The maximum Gasteiger partial charge on any atom is 0.295 e. The summed E-state index contributed by atoms with van der Waals surface area (Å²) in [6.45, 7) is 6.76. The molecule has 0 unspecified atom stereocenters. The molecular formula is C23H26N2O4. The van der Waals surface area contributed by atoms with Crippen LogP contribution in [-0.2, 0) is 9.59 Å². The molecule has 1 fully saturated rings. The van der Waals surface area contributed by atoms with E-state index in [4.69, 9.17) is 0 Å². The molecule has 0 aromatic heterocycles. The highest BCUT2D eigenvalue weighted by Crippen LogP contribution is 2.40. The van der Waals surface area contributed by atoms with Crippen LogP contribution in [0, 0.1) is 0 Å². The molecule has 2 aromatic rings. The van der Waals surface area contributed by atoms with Crippen molar-refractivity contribution in [3.05, 3.63) is 71.3 Å². The van der Waals surface area contributed by atoms with E-state index in [0.717, 1.165) is 18.7 Å². The summed E-state index contributed by atoms with van der Waals surface area (Å²) >= 11 is 0. The normalized spacial score (nSPS) is 18.6. The minimum atomic E-state index is -0.737. The fourth-order valence-corrected chi connectivity index (χ4v) is 3.70. The Bertz CT molecular complexity index is 919. The van der Waals surface area contributed by atoms with E-state index in [-0.39, 0.29) is 22.6 Å². The Labute approximate surface area is 170 Å². The number of Topliss-reactive ketones (excluding diaryl/α,β-unsaturated/α-hetero) is 1. The SMILES string of the molecule is CCN(CC)CCN1C(=O)C(=O)C(=C(O)c2ccccc2O)[C@H]1c1ccccc1. The lowest BCUT2D eigenvalue weighted by molar-refractivity contribution is -0.140. The summed E-state index contributed by atoms with van der Waals surface area (Å²) in [6, 6.07) is 14.7. The van der Waals surface area contributed by atoms with E-state index < -0.39 is 17.7 Å². The number of carbonyl (C=O) groups is 2. The lowest BCUT2D eigenvalue weighted by atomic mass is 9.95. The average Bonchev–Trinajstić information content (AvgIpc) is 3.00. The molecule has 0 bridgehead atoms. The van der Waals surface area contributed by atoms with Gasteiger partial charge in [-0.1, -0.05) is 56.3 Å². The molecule has 1 aliphatic heterocycles. The van der Waals surface area contributed by atoms with Gasteiger partial charge in [0, 0.05) is 13.1 Å². The van der Waals surface area contributed by atoms with Gasteiger partial charge in [-0.2, -0.15) is 0 Å². The Kier molecular flexibility index (Phi) is 6.34. The van der Waals surface area contributed by atoms with Crippen molar-refractivity contribution in [1.82, 2.24) is 9.80 Å². The number of rotatable bonds is 7. The van der Waals surface area contributed by atoms with E-state index in [2.05, 4.69) is 4.90 Å². The van der Waals surface area contributed by atoms with Gasteiger partial charge >= 0.3 is 0 Å². The van der Waals surface area contributed by atoms with Gasteiger partial charge in [-0.05, 0) is 30.8 Å². The molecule has 3 rings (SSSR count). The van der Waals surface area contributed by atoms with Crippen molar-refractivity contribution in [3.63, 3.8) is 0 Å². The number of aliphatic hydroxyl groups is 1. The fraction of sp³-hybridized carbons (Fsp3) is 0.304. The maximum atomic E-state index is 12.9. The van der Waals surface area contributed by atoms with E-state index >= 15 is 0 Å². The molecule has 1 aliphatic rings. The number of likely N-dealkylation sites (N-methyl/N-ethyl adjacent to an activating group) is 1. The van der Waals surface area contributed by atoms with Gasteiger partial charge in [-0.15, -0.1) is 0 Å². The summed E-state index contributed by atoms with van der Waals surface area (Å²) in [4.78, 5) is 29.5. The molecular weight excluding hydrogens is 368 g/mol. The van der Waals surface area contributed by atoms with Crippen LogP contribution < -0.4 is 0 Å². The van der Waals surface area contributed by atoms with Crippen LogP contribution in [0.3, 0.4) is 0 Å². The highest BCUT2D eigenvalue weighted by molar-refractivity contribution is 6.46. The van der Waals surface area contributed by atoms with Crippen LogP contribution in [0.4, 0.5) is 0 Å². The number of hydrogen-bond acceptors (Lipinski definition) is 5. The first-order chi connectivity index (χ1) is 14.0. The Morgan fingerprint density at radius 3 is 2.24 bits per heavy atom. The summed E-state index contributed by atoms with van der Waals surface area (Å²) in [5.41, 5.74) is 0.876. The van der Waals surface area contributed by atoms with Gasteiger partial charge in [0.1, 0.15) is 11.5 Å². The molecule has 1 amide bonds. The van der Waals surface area contributed by atoms with Crippen LogP contribution in [0.5, 0.6) is 5.75 Å². The minimum absolute atomic E-state index is 0.00208. The molecule has 0 radical (unpaired) electrons. The molecule has 0 aliphatic carbocycles. The van der Waals surface area contributed by atoms with Gasteiger partial charge in [0.25, 0.3) is 11.7 Å². The quantitative estimate of drug-likeness (QED) is 0.428. The number of aromatic hydroxyl groups is 1. The van der Waals surface area contributed by atoms with Crippen molar-refractivity contribution in [2.75, 3.05) is 26.2 Å². The second-order valence-corrected chi connectivity index (χ2v) is 6.95. The van der Waals surface area contributed by atoms with E-state index in [0.29, 0.717) is 13.1 Å². The fourth-order valence-electron chi connectivity index (χ4n) is 3.70. The Balaban J connectivity index is 2.09. The van der Waals surface area contributed by atoms with Gasteiger partial charge in [-0.3, -0.25) is 9.59 Å². The van der Waals surface area contributed by atoms with Crippen molar-refractivity contribution < 1.29 is 19.8 Å². The minimum Gasteiger partial charge on any atom is -0.507 e. The van der Waals surface area contributed by atoms with Gasteiger partial charge in [0.15, 0.2) is 0 Å². The predicted molar refractivity (Wildman–Crippen MR) is 111 cm³/mol. The molecule has 6 nitrogen and oxygen atoms in total. The summed E-state index contributed by atoms with van der Waals surface area (Å²) in [7, 11) is 0. The lowest BCUT2D eigenvalue weighted by Crippen LogP contribution is -2.38. The van der Waals surface area contributed by atoms with Crippen LogP contribution in [0.15, 0.2) is 60.2 Å². The number of ketones is 1. The molecule has 29 heavy (non-hydrogen) atoms. The van der Waals surface area contributed by atoms with Gasteiger partial charge in [0.2, 0.25) is 0 Å². The van der Waals surface area contributed by atoms with Crippen LogP contribution in [0.1, 0.15) is 31.0 Å². The number of carbonyl (C=O) groups excluding carboxylic acids is 2. The summed E-state index contributed by atoms with van der Waals surface area (Å²) in [6.07, 6.45) is 0. The van der Waals surface area contributed by atoms with Gasteiger partial charge in [-0.25, -0.2) is 0 Å². The number of phenols is 1. The first-order valence-electron chi connectivity index (χ1n) is 9.83. The third-order valence-corrected chi connectivity index (χ3v) is 5.37. The number of hydrogen-bond donors (Lipinski definition) is 2. The predicted octanol–water partition coefficient (Wildman–Crippen LogP) is 3.16. The largest absolute Gasteiger partial charge is 0.507 e. The number of nitrogens with zero attached hydrogens (tertiary/aromatic N) is 2. The van der Waals surface area contributed by atoms with E-state index in [1.165, 1.54) is 17.0 Å². The molecule has 0 spiro atoms. The number of para-hydroxylation sites is 1. The van der Waals surface area contributed by atoms with Crippen LogP contribution in [0.25, 0.3) is 5.76 Å². The standard InChI is InChI=1S/C23H26N2O4/c1-3-24(4-2)14-15-25-20(16-10-6-5-7-11-16)19(22(28)23(25)29)21(27)17-12-8-9-13-18(17)26/h5-13,20,26-27H,3-4,14-15H2,1-2H3/t20-/m1/s1. The van der Waals surface area contributed by atoms with Gasteiger partial charge in [0.05, 0.1) is 17.2 Å². The van der Waals surface area contributed by atoms with E-state index in [1.807, 2.05) is 44.2 Å². The number of benzene rings is 2. The van der Waals surface area contributed by atoms with Crippen LogP contribution in [-0.4, -0.2) is 57.9 Å². The molecule has 152 valence electrons. The van der Waals surface area contributed by atoms with Crippen molar-refractivity contribution in [2.24, 2.45) is 0 Å². The summed E-state index contributed by atoms with van der Waals surface area (Å²) in [5.74, 6) is -1.88. The molecule has 6 heteroatoms. The van der Waals surface area contributed by atoms with Crippen molar-refractivity contribution >= 4 is 17.4 Å². The van der Waals surface area contributed by atoms with Crippen molar-refractivity contribution in [2.45, 2.75) is 19.9 Å². The van der Waals surface area contributed by atoms with Crippen LogP contribution >= 0.6 is 0 Å². The highest BCUT2D eigenvalue weighted by atomic mass is 16.3. The third kappa shape index (κ3) is 4.03. The third-order valence-electron chi connectivity index (χ3n) is 5.37. The smallest absolute Gasteiger partial charge is 0.295 e. The second kappa shape index (κ2) is 8.92. The molecule has 1 heterocycles. The first-order valence-corrected chi connectivity index (χ1v) is 9.83. The Morgan fingerprint density at radius 1 is 1.00 bits per heavy atom. The van der Waals surface area contributed by atoms with Crippen molar-refractivity contribution in [3.8, 4) is 5.75 Å². The second-order valence-electron chi connectivity index (χ2n) is 6.95. The van der Waals surface area contributed by atoms with E-state index in [9.17, 15) is 19.8 Å². The topological polar surface area (TPSA) is 81.1 Å². The summed E-state index contributed by atoms with van der Waals surface area (Å²) < 4.78 is 0. The summed E-state index contributed by atoms with van der Waals surface area (Å²) in [5, 5.41) is 21.1. The van der Waals surface area contributed by atoms with Gasteiger partial charge < -0.3 is 20.0 Å². The average molecular weight is 394 g/mol. The number of amides is 1. The number of likely N-dealkylation sites (tertiary alicyclic amines) is 1. The molecule has 2 aromatic carbocycles. The first kappa shape index (κ1) is 20.6. The molecule has 0 saturated carbocycles. The zero-order valence-corrected chi connectivity index (χ0v) is 16.7. The Hall–Kier alpha value is -3.12. The number of aliphatic hydroxyl groups excluding tert-OH is 1. The molecule has 1 atom stereocenters. The molecule has 1 saturated heterocycles. The van der Waals surface area contributed by atoms with Crippen LogP contribution in [0.2, 0.25) is 0 Å². The van der Waals surface area contributed by atoms with E-state index in [1.54, 1.807) is 12.1 Å². The Morgan fingerprint density at radius 2 is 1.62 bits per heavy atom.